The Hall–Kier alpha value is -1.11. The molecule has 0 saturated carbocycles. The first-order chi connectivity index (χ1) is 10.5. The predicted molar refractivity (Wildman–Crippen MR) is 89.0 cm³/mol. The quantitative estimate of drug-likeness (QED) is 0.853. The lowest BCUT2D eigenvalue weighted by atomic mass is 9.97. The lowest BCUT2D eigenvalue weighted by molar-refractivity contribution is -0.116. The van der Waals surface area contributed by atoms with E-state index in [0.717, 1.165) is 30.8 Å². The predicted octanol–water partition coefficient (Wildman–Crippen LogP) is 2.85. The molecule has 1 aliphatic heterocycles. The van der Waals surface area contributed by atoms with Gasteiger partial charge in [-0.1, -0.05) is 11.6 Å². The Balaban J connectivity index is 2.35. The number of carbonyl (C=O) groups is 2. The third-order valence-corrected chi connectivity index (χ3v) is 5.56. The van der Waals surface area contributed by atoms with Crippen LogP contribution in [0, 0.1) is 12.8 Å². The molecule has 0 spiro atoms. The first-order valence-electron chi connectivity index (χ1n) is 7.31. The molecule has 22 heavy (non-hydrogen) atoms. The molecule has 1 amide bonds. The van der Waals surface area contributed by atoms with Crippen LogP contribution in [-0.4, -0.2) is 38.6 Å². The topological polar surface area (TPSA) is 58.6 Å². The maximum Gasteiger partial charge on any atom is 0.350 e. The Labute approximate surface area is 139 Å². The van der Waals surface area contributed by atoms with Gasteiger partial charge in [0.05, 0.1) is 17.8 Å². The van der Waals surface area contributed by atoms with Crippen LogP contribution in [0.1, 0.15) is 34.3 Å². The number of esters is 1. The van der Waals surface area contributed by atoms with Crippen LogP contribution in [0.25, 0.3) is 0 Å². The molecule has 1 fully saturated rings. The number of nitrogens with one attached hydrogen (secondary N) is 1. The molecule has 0 unspecified atom stereocenters. The minimum absolute atomic E-state index is 0.108. The number of hydrogen-bond donors (Lipinski definition) is 1. The molecule has 1 aromatic rings. The monoisotopic (exact) mass is 344 g/mol. The Bertz CT molecular complexity index is 567. The Morgan fingerprint density at radius 2 is 2.05 bits per heavy atom. The number of thiophene rings is 1. The van der Waals surface area contributed by atoms with Crippen molar-refractivity contribution in [3.63, 3.8) is 0 Å². The summed E-state index contributed by atoms with van der Waals surface area (Å²) in [7, 11) is 1.33. The average Bonchev–Trinajstić information content (AvgIpc) is 2.80. The van der Waals surface area contributed by atoms with E-state index in [1.54, 1.807) is 4.90 Å². The average molecular weight is 345 g/mol. The highest BCUT2D eigenvalue weighted by Crippen LogP contribution is 2.40. The number of rotatable bonds is 4. The minimum atomic E-state index is -0.452. The molecule has 2 heterocycles. The maximum atomic E-state index is 12.1. The van der Waals surface area contributed by atoms with E-state index in [2.05, 4.69) is 5.32 Å². The van der Waals surface area contributed by atoms with Crippen molar-refractivity contribution in [2.75, 3.05) is 31.6 Å². The van der Waals surface area contributed by atoms with Gasteiger partial charge in [0, 0.05) is 18.3 Å². The molecule has 2 rings (SSSR count). The van der Waals surface area contributed by atoms with Gasteiger partial charge in [-0.3, -0.25) is 4.79 Å². The molecule has 1 saturated heterocycles. The van der Waals surface area contributed by atoms with Gasteiger partial charge < -0.3 is 15.0 Å². The zero-order chi connectivity index (χ0) is 16.3. The lowest BCUT2D eigenvalue weighted by Gasteiger charge is -2.29. The molecular weight excluding hydrogens is 324 g/mol. The number of piperidine rings is 1. The zero-order valence-corrected chi connectivity index (χ0v) is 14.6. The number of nitrogens with zero attached hydrogens (tertiary/aromatic N) is 1. The summed E-state index contributed by atoms with van der Waals surface area (Å²) in [5, 5.41) is 3.78. The smallest absolute Gasteiger partial charge is 0.350 e. The number of anilines is 1. The molecule has 122 valence electrons. The first kappa shape index (κ1) is 17.2. The van der Waals surface area contributed by atoms with E-state index in [1.807, 2.05) is 6.92 Å². The molecule has 0 radical (unpaired) electrons. The van der Waals surface area contributed by atoms with Crippen molar-refractivity contribution < 1.29 is 14.3 Å². The van der Waals surface area contributed by atoms with Gasteiger partial charge in [-0.15, -0.1) is 11.3 Å². The third kappa shape index (κ3) is 3.62. The van der Waals surface area contributed by atoms with E-state index < -0.39 is 5.97 Å². The molecule has 1 aliphatic rings. The summed E-state index contributed by atoms with van der Waals surface area (Å²) < 4.78 is 4.83. The summed E-state index contributed by atoms with van der Waals surface area (Å²) >= 11 is 7.64. The SMILES string of the molecule is COC(=O)c1sc(C)c(Cl)c1N(CC1CCNCC1)C(C)=O. The van der Waals surface area contributed by atoms with E-state index in [0.29, 0.717) is 28.0 Å². The Morgan fingerprint density at radius 3 is 2.59 bits per heavy atom. The molecule has 1 aromatic heterocycles. The van der Waals surface area contributed by atoms with Gasteiger partial charge in [0.1, 0.15) is 4.88 Å². The standard InChI is InChI=1S/C15H21ClN2O3S/c1-9-12(16)13(14(22-9)15(20)21-3)18(10(2)19)8-11-4-6-17-7-5-11/h11,17H,4-8H2,1-3H3. The fourth-order valence-electron chi connectivity index (χ4n) is 2.68. The van der Waals surface area contributed by atoms with Gasteiger partial charge in [0.15, 0.2) is 0 Å². The molecule has 0 bridgehead atoms. The highest BCUT2D eigenvalue weighted by molar-refractivity contribution is 7.15. The lowest BCUT2D eigenvalue weighted by Crippen LogP contribution is -2.39. The van der Waals surface area contributed by atoms with Crippen LogP contribution >= 0.6 is 22.9 Å². The van der Waals surface area contributed by atoms with Crippen molar-refractivity contribution in [2.24, 2.45) is 5.92 Å². The van der Waals surface area contributed by atoms with Crippen molar-refractivity contribution >= 4 is 40.5 Å². The number of methoxy groups -OCH3 is 1. The van der Waals surface area contributed by atoms with E-state index in [4.69, 9.17) is 16.3 Å². The Kier molecular flexibility index (Phi) is 5.83. The van der Waals surface area contributed by atoms with Gasteiger partial charge in [-0.05, 0) is 38.8 Å². The molecule has 0 aromatic carbocycles. The molecule has 0 aliphatic carbocycles. The van der Waals surface area contributed by atoms with Crippen LogP contribution in [0.4, 0.5) is 5.69 Å². The molecule has 5 nitrogen and oxygen atoms in total. The fraction of sp³-hybridized carbons (Fsp3) is 0.600. The van der Waals surface area contributed by atoms with Crippen LogP contribution in [0.3, 0.4) is 0 Å². The van der Waals surface area contributed by atoms with E-state index in [9.17, 15) is 9.59 Å². The summed E-state index contributed by atoms with van der Waals surface area (Å²) in [6.45, 7) is 5.83. The van der Waals surface area contributed by atoms with E-state index in [-0.39, 0.29) is 5.91 Å². The highest BCUT2D eigenvalue weighted by Gasteiger charge is 2.29. The second-order valence-electron chi connectivity index (χ2n) is 5.46. The zero-order valence-electron chi connectivity index (χ0n) is 13.1. The largest absolute Gasteiger partial charge is 0.465 e. The third-order valence-electron chi connectivity index (χ3n) is 3.91. The molecule has 0 atom stereocenters. The van der Waals surface area contributed by atoms with Crippen molar-refractivity contribution in [1.82, 2.24) is 5.32 Å². The summed E-state index contributed by atoms with van der Waals surface area (Å²) in [5.41, 5.74) is 0.502. The van der Waals surface area contributed by atoms with Crippen LogP contribution in [0.2, 0.25) is 5.02 Å². The second kappa shape index (κ2) is 7.44. The van der Waals surface area contributed by atoms with Crippen LogP contribution in [0.15, 0.2) is 0 Å². The summed E-state index contributed by atoms with van der Waals surface area (Å²) in [6.07, 6.45) is 2.02. The van der Waals surface area contributed by atoms with Crippen LogP contribution < -0.4 is 10.2 Å². The van der Waals surface area contributed by atoms with Crippen molar-refractivity contribution in [3.8, 4) is 0 Å². The van der Waals surface area contributed by atoms with Crippen LogP contribution in [0.5, 0.6) is 0 Å². The fourth-order valence-corrected chi connectivity index (χ4v) is 4.02. The van der Waals surface area contributed by atoms with Crippen molar-refractivity contribution in [2.45, 2.75) is 26.7 Å². The number of hydrogen-bond acceptors (Lipinski definition) is 5. The van der Waals surface area contributed by atoms with Crippen molar-refractivity contribution in [3.05, 3.63) is 14.8 Å². The minimum Gasteiger partial charge on any atom is -0.465 e. The number of halogens is 1. The van der Waals surface area contributed by atoms with Crippen molar-refractivity contribution in [1.29, 1.82) is 0 Å². The first-order valence-corrected chi connectivity index (χ1v) is 8.51. The summed E-state index contributed by atoms with van der Waals surface area (Å²) in [6, 6.07) is 0. The number of carbonyl (C=O) groups excluding carboxylic acids is 2. The second-order valence-corrected chi connectivity index (χ2v) is 7.07. The Morgan fingerprint density at radius 1 is 1.41 bits per heavy atom. The number of aryl methyl sites for hydroxylation is 1. The highest BCUT2D eigenvalue weighted by atomic mass is 35.5. The number of amides is 1. The maximum absolute atomic E-state index is 12.1. The summed E-state index contributed by atoms with van der Waals surface area (Å²) in [5.74, 6) is -0.151. The van der Waals surface area contributed by atoms with Crippen LogP contribution in [-0.2, 0) is 9.53 Å². The molecular formula is C15H21ClN2O3S. The van der Waals surface area contributed by atoms with Gasteiger partial charge in [0.2, 0.25) is 5.91 Å². The van der Waals surface area contributed by atoms with Gasteiger partial charge in [-0.2, -0.15) is 0 Å². The number of ether oxygens (including phenoxy) is 1. The van der Waals surface area contributed by atoms with E-state index >= 15 is 0 Å². The van der Waals surface area contributed by atoms with Gasteiger partial charge >= 0.3 is 5.97 Å². The summed E-state index contributed by atoms with van der Waals surface area (Å²) in [4.78, 5) is 27.0. The van der Waals surface area contributed by atoms with E-state index in [1.165, 1.54) is 25.4 Å². The molecule has 1 N–H and O–H groups in total. The van der Waals surface area contributed by atoms with Gasteiger partial charge in [-0.25, -0.2) is 4.79 Å². The molecule has 7 heteroatoms. The normalized spacial score (nSPS) is 15.6. The van der Waals surface area contributed by atoms with Gasteiger partial charge in [0.25, 0.3) is 0 Å².